The number of fused-ring (bicyclic) bond motifs is 1. The maximum absolute atomic E-state index is 13.4. The Morgan fingerprint density at radius 3 is 2.61 bits per heavy atom. The molecule has 28 heavy (non-hydrogen) atoms. The van der Waals surface area contributed by atoms with Gasteiger partial charge in [-0.3, -0.25) is 19.7 Å². The third-order valence-corrected chi connectivity index (χ3v) is 5.56. The highest BCUT2D eigenvalue weighted by Crippen LogP contribution is 2.28. The summed E-state index contributed by atoms with van der Waals surface area (Å²) < 4.78 is 1.88. The molecule has 7 heteroatoms. The van der Waals surface area contributed by atoms with Crippen LogP contribution < -0.4 is 5.32 Å². The molecular formula is C21H24N4O3. The van der Waals surface area contributed by atoms with Crippen molar-refractivity contribution in [1.82, 2.24) is 20.0 Å². The molecule has 1 saturated heterocycles. The smallest absolute Gasteiger partial charge is 0.275 e. The van der Waals surface area contributed by atoms with E-state index >= 15 is 0 Å². The molecule has 1 aliphatic carbocycles. The van der Waals surface area contributed by atoms with Crippen LogP contribution in [0.2, 0.25) is 0 Å². The molecule has 2 heterocycles. The van der Waals surface area contributed by atoms with Gasteiger partial charge in [0.2, 0.25) is 11.8 Å². The second-order valence-electron chi connectivity index (χ2n) is 7.31. The number of hydrogen-bond acceptors (Lipinski definition) is 4. The summed E-state index contributed by atoms with van der Waals surface area (Å²) in [6.45, 7) is 2.16. The molecule has 7 nitrogen and oxygen atoms in total. The van der Waals surface area contributed by atoms with Crippen molar-refractivity contribution in [3.8, 4) is 5.69 Å². The first-order chi connectivity index (χ1) is 13.6. The van der Waals surface area contributed by atoms with Gasteiger partial charge in [0.05, 0.1) is 12.1 Å². The lowest BCUT2D eigenvalue weighted by Crippen LogP contribution is -2.44. The third-order valence-electron chi connectivity index (χ3n) is 5.56. The molecule has 1 aromatic heterocycles. The fraction of sp³-hybridized carbons (Fsp3) is 0.429. The number of benzene rings is 1. The van der Waals surface area contributed by atoms with E-state index in [0.717, 1.165) is 49.0 Å². The fourth-order valence-electron chi connectivity index (χ4n) is 4.16. The van der Waals surface area contributed by atoms with E-state index in [2.05, 4.69) is 5.32 Å². The van der Waals surface area contributed by atoms with Gasteiger partial charge >= 0.3 is 0 Å². The van der Waals surface area contributed by atoms with Crippen LogP contribution in [0.25, 0.3) is 5.69 Å². The molecule has 146 valence electrons. The van der Waals surface area contributed by atoms with Crippen LogP contribution in [0.5, 0.6) is 0 Å². The zero-order chi connectivity index (χ0) is 19.7. The van der Waals surface area contributed by atoms with Gasteiger partial charge in [0, 0.05) is 17.8 Å². The molecule has 1 aromatic carbocycles. The molecule has 3 amide bonds. The zero-order valence-corrected chi connectivity index (χ0v) is 16.0. The number of nitrogens with one attached hydrogen (secondary N) is 1. The molecule has 2 aliphatic rings. The molecule has 4 rings (SSSR count). The van der Waals surface area contributed by atoms with Gasteiger partial charge in [-0.25, -0.2) is 4.68 Å². The van der Waals surface area contributed by atoms with E-state index in [4.69, 9.17) is 5.10 Å². The standard InChI is InChI=1S/C21H24N4O3/c1-2-24(17-13-18(26)22-20(17)27)21(28)19-15-11-7-4-8-12-16(15)25(23-19)14-9-5-3-6-10-14/h3,5-6,9-10,17H,2,4,7-8,11-13H2,1H3,(H,22,26,27). The minimum Gasteiger partial charge on any atom is -0.325 e. The summed E-state index contributed by atoms with van der Waals surface area (Å²) in [6.07, 6.45) is 4.89. The number of amides is 3. The number of aromatic nitrogens is 2. The SMILES string of the molecule is CCN(C(=O)c1nn(-c2ccccc2)c2c1CCCCC2)C1CC(=O)NC1=O. The number of rotatable bonds is 4. The van der Waals surface area contributed by atoms with E-state index < -0.39 is 11.9 Å². The Kier molecular flexibility index (Phi) is 4.98. The lowest BCUT2D eigenvalue weighted by molar-refractivity contribution is -0.126. The quantitative estimate of drug-likeness (QED) is 0.650. The van der Waals surface area contributed by atoms with Crippen LogP contribution in [0.15, 0.2) is 30.3 Å². The van der Waals surface area contributed by atoms with Crippen LogP contribution in [0.1, 0.15) is 54.4 Å². The maximum atomic E-state index is 13.4. The molecule has 0 radical (unpaired) electrons. The number of likely N-dealkylation sites (N-methyl/N-ethyl adjacent to an activating group) is 1. The maximum Gasteiger partial charge on any atom is 0.275 e. The Labute approximate surface area is 163 Å². The molecule has 1 aliphatic heterocycles. The van der Waals surface area contributed by atoms with Crippen LogP contribution in [-0.2, 0) is 22.4 Å². The Bertz CT molecular complexity index is 919. The average molecular weight is 380 g/mol. The molecule has 0 bridgehead atoms. The number of carbonyl (C=O) groups excluding carboxylic acids is 3. The van der Waals surface area contributed by atoms with Crippen molar-refractivity contribution in [2.75, 3.05) is 6.54 Å². The van der Waals surface area contributed by atoms with Gasteiger partial charge in [-0.05, 0) is 44.7 Å². The van der Waals surface area contributed by atoms with Crippen LogP contribution in [-0.4, -0.2) is 45.0 Å². The Morgan fingerprint density at radius 1 is 1.18 bits per heavy atom. The summed E-state index contributed by atoms with van der Waals surface area (Å²) in [4.78, 5) is 38.6. The van der Waals surface area contributed by atoms with Crippen molar-refractivity contribution in [3.05, 3.63) is 47.3 Å². The first kappa shape index (κ1) is 18.4. The summed E-state index contributed by atoms with van der Waals surface area (Å²) in [5, 5.41) is 6.99. The molecule has 0 spiro atoms. The van der Waals surface area contributed by atoms with Crippen molar-refractivity contribution in [1.29, 1.82) is 0 Å². The monoisotopic (exact) mass is 380 g/mol. The van der Waals surface area contributed by atoms with E-state index in [1.807, 2.05) is 41.9 Å². The number of nitrogens with zero attached hydrogens (tertiary/aromatic N) is 3. The van der Waals surface area contributed by atoms with Gasteiger partial charge in [-0.1, -0.05) is 24.6 Å². The van der Waals surface area contributed by atoms with E-state index in [1.54, 1.807) is 0 Å². The second kappa shape index (κ2) is 7.58. The predicted molar refractivity (Wildman–Crippen MR) is 103 cm³/mol. The summed E-state index contributed by atoms with van der Waals surface area (Å²) in [6, 6.07) is 9.06. The minimum atomic E-state index is -0.756. The fourth-order valence-corrected chi connectivity index (χ4v) is 4.16. The van der Waals surface area contributed by atoms with Crippen LogP contribution >= 0.6 is 0 Å². The largest absolute Gasteiger partial charge is 0.325 e. The number of para-hydroxylation sites is 1. The molecule has 1 fully saturated rings. The summed E-state index contributed by atoms with van der Waals surface area (Å²) in [5.74, 6) is -1.02. The van der Waals surface area contributed by atoms with Gasteiger partial charge in [0.1, 0.15) is 6.04 Å². The highest BCUT2D eigenvalue weighted by atomic mass is 16.2. The zero-order valence-electron chi connectivity index (χ0n) is 16.0. The highest BCUT2D eigenvalue weighted by molar-refractivity contribution is 6.08. The van der Waals surface area contributed by atoms with E-state index in [0.29, 0.717) is 12.2 Å². The first-order valence-electron chi connectivity index (χ1n) is 9.91. The van der Waals surface area contributed by atoms with E-state index in [-0.39, 0.29) is 18.2 Å². The lowest BCUT2D eigenvalue weighted by atomic mass is 10.1. The first-order valence-corrected chi connectivity index (χ1v) is 9.91. The molecule has 0 saturated carbocycles. The van der Waals surface area contributed by atoms with Gasteiger partial charge in [-0.2, -0.15) is 5.10 Å². The second-order valence-corrected chi connectivity index (χ2v) is 7.31. The van der Waals surface area contributed by atoms with Crippen molar-refractivity contribution in [2.24, 2.45) is 0 Å². The summed E-state index contributed by atoms with van der Waals surface area (Å²) in [5.41, 5.74) is 3.40. The van der Waals surface area contributed by atoms with Gasteiger partial charge in [0.15, 0.2) is 5.69 Å². The Balaban J connectivity index is 1.76. The molecule has 2 aromatic rings. The molecule has 1 unspecified atom stereocenters. The Hall–Kier alpha value is -2.96. The molecule has 1 N–H and O–H groups in total. The van der Waals surface area contributed by atoms with Crippen molar-refractivity contribution >= 4 is 17.7 Å². The lowest BCUT2D eigenvalue weighted by Gasteiger charge is -2.24. The molecule has 1 atom stereocenters. The number of imide groups is 1. The average Bonchev–Trinajstić information content (AvgIpc) is 3.12. The van der Waals surface area contributed by atoms with Crippen LogP contribution in [0, 0.1) is 0 Å². The third kappa shape index (κ3) is 3.21. The Morgan fingerprint density at radius 2 is 1.93 bits per heavy atom. The van der Waals surface area contributed by atoms with Gasteiger partial charge in [-0.15, -0.1) is 0 Å². The van der Waals surface area contributed by atoms with E-state index in [9.17, 15) is 14.4 Å². The topological polar surface area (TPSA) is 84.3 Å². The highest BCUT2D eigenvalue weighted by Gasteiger charge is 2.39. The number of hydrogen-bond donors (Lipinski definition) is 1. The number of carbonyl (C=O) groups is 3. The summed E-state index contributed by atoms with van der Waals surface area (Å²) >= 11 is 0. The van der Waals surface area contributed by atoms with Crippen molar-refractivity contribution in [3.63, 3.8) is 0 Å². The minimum absolute atomic E-state index is 0.0139. The van der Waals surface area contributed by atoms with Crippen molar-refractivity contribution in [2.45, 2.75) is 51.5 Å². The summed E-state index contributed by atoms with van der Waals surface area (Å²) in [7, 11) is 0. The van der Waals surface area contributed by atoms with Crippen LogP contribution in [0.4, 0.5) is 0 Å². The van der Waals surface area contributed by atoms with Crippen molar-refractivity contribution < 1.29 is 14.4 Å². The normalized spacial score (nSPS) is 19.1. The molecular weight excluding hydrogens is 356 g/mol. The van der Waals surface area contributed by atoms with Gasteiger partial charge in [0.25, 0.3) is 5.91 Å². The predicted octanol–water partition coefficient (Wildman–Crippen LogP) is 2.02. The van der Waals surface area contributed by atoms with Gasteiger partial charge < -0.3 is 4.90 Å². The van der Waals surface area contributed by atoms with Crippen LogP contribution in [0.3, 0.4) is 0 Å². The van der Waals surface area contributed by atoms with E-state index in [1.165, 1.54) is 4.90 Å².